The van der Waals surface area contributed by atoms with Gasteiger partial charge in [0.2, 0.25) is 0 Å². The molecule has 7 aliphatic carbocycles. The molecule has 11 atom stereocenters. The standard InChI is InChI=1S/C37H62N2O3.C8H10O.C4H8/c1-32(2,38)22-39-37-16-9-10-26(37)24-11-12-29-35(7,25(24)13-19-37)17-14-28-34(5,6)30(15-18-36(28,29)8)42-31(41)27-20-23(21-40)33(27,3)4;1-9-7-8-5-3-2-4-6-8;1-4-2-3-4/h21,23-30,39H,9-20,22,38H2,1-8H3;2-6H,7H2,1H3;4H,2-3H2,1H3/t23?,24?,25?,26-,27?,28?,29?,30?,35?,36?,37?;;/m1../s1. The maximum atomic E-state index is 13.4. The molecule has 0 aromatic heterocycles. The fourth-order valence-electron chi connectivity index (χ4n) is 13.8. The number of ether oxygens (including phenoxy) is 2. The number of aldehydes is 1. The lowest BCUT2D eigenvalue weighted by molar-refractivity contribution is -0.224. The van der Waals surface area contributed by atoms with Crippen LogP contribution in [-0.4, -0.2) is 43.1 Å². The van der Waals surface area contributed by atoms with Crippen LogP contribution in [0.3, 0.4) is 0 Å². The van der Waals surface area contributed by atoms with Crippen LogP contribution in [0, 0.1) is 69.0 Å². The van der Waals surface area contributed by atoms with Crippen LogP contribution in [0.25, 0.3) is 0 Å². The molecule has 6 heteroatoms. The van der Waals surface area contributed by atoms with Gasteiger partial charge in [-0.1, -0.05) is 98.1 Å². The average molecular weight is 761 g/mol. The van der Waals surface area contributed by atoms with Crippen molar-refractivity contribution in [2.24, 2.45) is 74.7 Å². The van der Waals surface area contributed by atoms with E-state index in [0.29, 0.717) is 35.3 Å². The Balaban J connectivity index is 0.000000333. The maximum absolute atomic E-state index is 13.4. The third-order valence-electron chi connectivity index (χ3n) is 17.4. The lowest BCUT2D eigenvalue weighted by atomic mass is 9.36. The molecule has 0 bridgehead atoms. The first-order valence-electron chi connectivity index (χ1n) is 22.5. The van der Waals surface area contributed by atoms with Gasteiger partial charge in [0.1, 0.15) is 12.4 Å². The zero-order valence-electron chi connectivity index (χ0n) is 36.7. The Hall–Kier alpha value is -1.76. The number of carbonyl (C=O) groups excluding carboxylic acids is 2. The second kappa shape index (κ2) is 16.1. The van der Waals surface area contributed by atoms with Gasteiger partial charge in [-0.15, -0.1) is 0 Å². The maximum Gasteiger partial charge on any atom is 0.309 e. The molecule has 1 aromatic carbocycles. The van der Waals surface area contributed by atoms with Crippen molar-refractivity contribution in [2.45, 2.75) is 176 Å². The minimum Gasteiger partial charge on any atom is -0.462 e. The Morgan fingerprint density at radius 1 is 0.836 bits per heavy atom. The number of hydrogen-bond acceptors (Lipinski definition) is 6. The third kappa shape index (κ3) is 8.41. The van der Waals surface area contributed by atoms with Gasteiger partial charge in [-0.05, 0) is 142 Å². The highest BCUT2D eigenvalue weighted by Gasteiger charge is 2.67. The molecule has 7 fully saturated rings. The summed E-state index contributed by atoms with van der Waals surface area (Å²) in [6, 6.07) is 10.1. The van der Waals surface area contributed by atoms with Crippen LogP contribution in [0.5, 0.6) is 0 Å². The molecule has 7 saturated carbocycles. The van der Waals surface area contributed by atoms with Crippen molar-refractivity contribution in [3.05, 3.63) is 35.9 Å². The fourth-order valence-corrected chi connectivity index (χ4v) is 13.8. The van der Waals surface area contributed by atoms with Crippen LogP contribution < -0.4 is 11.1 Å². The molecule has 0 aliphatic heterocycles. The highest BCUT2D eigenvalue weighted by Crippen LogP contribution is 2.72. The van der Waals surface area contributed by atoms with Gasteiger partial charge < -0.3 is 25.3 Å². The molecule has 6 nitrogen and oxygen atoms in total. The number of nitrogens with two attached hydrogens (primary N) is 1. The summed E-state index contributed by atoms with van der Waals surface area (Å²) in [6.45, 7) is 22.5. The van der Waals surface area contributed by atoms with Crippen molar-refractivity contribution in [3.63, 3.8) is 0 Å². The highest BCUT2D eigenvalue weighted by molar-refractivity contribution is 5.77. The Morgan fingerprint density at radius 2 is 1.51 bits per heavy atom. The van der Waals surface area contributed by atoms with Crippen LogP contribution in [0.4, 0.5) is 0 Å². The van der Waals surface area contributed by atoms with Gasteiger partial charge in [0.15, 0.2) is 0 Å². The van der Waals surface area contributed by atoms with E-state index in [4.69, 9.17) is 15.2 Å². The van der Waals surface area contributed by atoms with Gasteiger partial charge >= 0.3 is 5.97 Å². The number of fused-ring (bicyclic) bond motifs is 7. The van der Waals surface area contributed by atoms with E-state index in [1.165, 1.54) is 82.6 Å². The summed E-state index contributed by atoms with van der Waals surface area (Å²) in [7, 11) is 1.70. The predicted octanol–water partition coefficient (Wildman–Crippen LogP) is 10.6. The minimum atomic E-state index is -0.287. The molecular formula is C49H80N2O4. The monoisotopic (exact) mass is 761 g/mol. The van der Waals surface area contributed by atoms with E-state index in [2.05, 4.69) is 67.6 Å². The summed E-state index contributed by atoms with van der Waals surface area (Å²) in [5.41, 5.74) is 8.21. The summed E-state index contributed by atoms with van der Waals surface area (Å²) in [4.78, 5) is 24.9. The van der Waals surface area contributed by atoms with Crippen molar-refractivity contribution in [2.75, 3.05) is 13.7 Å². The topological polar surface area (TPSA) is 90.6 Å². The molecule has 7 aliphatic rings. The molecule has 0 spiro atoms. The molecular weight excluding hydrogens is 681 g/mol. The zero-order chi connectivity index (χ0) is 40.0. The Bertz CT molecular complexity index is 1460. The molecule has 0 heterocycles. The highest BCUT2D eigenvalue weighted by atomic mass is 16.5. The van der Waals surface area contributed by atoms with Crippen molar-refractivity contribution in [1.29, 1.82) is 0 Å². The quantitative estimate of drug-likeness (QED) is 0.203. The van der Waals surface area contributed by atoms with E-state index in [0.717, 1.165) is 48.8 Å². The second-order valence-corrected chi connectivity index (χ2v) is 22.3. The summed E-state index contributed by atoms with van der Waals surface area (Å²) in [6.07, 6.45) is 18.9. The predicted molar refractivity (Wildman–Crippen MR) is 224 cm³/mol. The number of benzene rings is 1. The van der Waals surface area contributed by atoms with Gasteiger partial charge in [-0.2, -0.15) is 0 Å². The SMILES string of the molecule is CC(C)(N)CNC12CCC[C@@H]1C1CCC3C(C)(CCC4C(C)(C)C(OC(=O)C5CC(C=O)C5(C)C)CCC43C)C1CC2.CC1CC1.COCc1ccccc1. The molecule has 10 unspecified atom stereocenters. The zero-order valence-corrected chi connectivity index (χ0v) is 36.7. The van der Waals surface area contributed by atoms with E-state index in [9.17, 15) is 9.59 Å². The Labute approximate surface area is 336 Å². The Kier molecular flexibility index (Phi) is 12.6. The molecule has 8 rings (SSSR count). The van der Waals surface area contributed by atoms with E-state index in [1.807, 2.05) is 30.3 Å². The van der Waals surface area contributed by atoms with Crippen LogP contribution in [0.1, 0.15) is 158 Å². The van der Waals surface area contributed by atoms with Gasteiger partial charge in [-0.25, -0.2) is 0 Å². The Morgan fingerprint density at radius 3 is 2.11 bits per heavy atom. The second-order valence-electron chi connectivity index (χ2n) is 22.3. The first kappa shape index (κ1) is 42.8. The number of esters is 1. The van der Waals surface area contributed by atoms with Gasteiger partial charge in [0, 0.05) is 36.1 Å². The lowest BCUT2D eigenvalue weighted by Gasteiger charge is -2.69. The van der Waals surface area contributed by atoms with E-state index in [-0.39, 0.29) is 40.3 Å². The largest absolute Gasteiger partial charge is 0.462 e. The third-order valence-corrected chi connectivity index (χ3v) is 17.4. The van der Waals surface area contributed by atoms with Crippen LogP contribution >= 0.6 is 0 Å². The van der Waals surface area contributed by atoms with Crippen LogP contribution in [0.2, 0.25) is 0 Å². The minimum absolute atomic E-state index is 0.0264. The summed E-state index contributed by atoms with van der Waals surface area (Å²) in [5.74, 6) is 4.67. The van der Waals surface area contributed by atoms with Crippen LogP contribution in [-0.2, 0) is 25.7 Å². The molecule has 0 radical (unpaired) electrons. The van der Waals surface area contributed by atoms with E-state index < -0.39 is 0 Å². The summed E-state index contributed by atoms with van der Waals surface area (Å²) < 4.78 is 11.3. The van der Waals surface area contributed by atoms with Crippen molar-refractivity contribution in [3.8, 4) is 0 Å². The number of methoxy groups -OCH3 is 1. The number of rotatable bonds is 8. The smallest absolute Gasteiger partial charge is 0.309 e. The van der Waals surface area contributed by atoms with Gasteiger partial charge in [0.05, 0.1) is 12.5 Å². The molecule has 55 heavy (non-hydrogen) atoms. The average Bonchev–Trinajstić information content (AvgIpc) is 3.78. The van der Waals surface area contributed by atoms with Crippen molar-refractivity contribution < 1.29 is 19.1 Å². The van der Waals surface area contributed by atoms with Crippen LogP contribution in [0.15, 0.2) is 30.3 Å². The molecule has 3 N–H and O–H groups in total. The van der Waals surface area contributed by atoms with E-state index >= 15 is 0 Å². The molecule has 0 saturated heterocycles. The van der Waals surface area contributed by atoms with Crippen molar-refractivity contribution in [1.82, 2.24) is 5.32 Å². The summed E-state index contributed by atoms with van der Waals surface area (Å²) in [5, 5.41) is 4.08. The normalized spacial score (nSPS) is 40.9. The first-order valence-corrected chi connectivity index (χ1v) is 22.5. The fraction of sp³-hybridized carbons (Fsp3) is 0.837. The summed E-state index contributed by atoms with van der Waals surface area (Å²) >= 11 is 0. The number of nitrogens with one attached hydrogen (secondary N) is 1. The first-order chi connectivity index (χ1) is 25.8. The molecule has 1 aromatic rings. The van der Waals surface area contributed by atoms with Crippen molar-refractivity contribution >= 4 is 12.3 Å². The number of hydrogen-bond donors (Lipinski definition) is 2. The molecule has 0 amide bonds. The lowest BCUT2D eigenvalue weighted by Crippen LogP contribution is -2.65. The molecule has 310 valence electrons. The van der Waals surface area contributed by atoms with Gasteiger partial charge in [-0.3, -0.25) is 4.79 Å². The number of carbonyl (C=O) groups is 2. The van der Waals surface area contributed by atoms with E-state index in [1.54, 1.807) is 7.11 Å². The van der Waals surface area contributed by atoms with Gasteiger partial charge in [0.25, 0.3) is 0 Å².